The van der Waals surface area contributed by atoms with Crippen molar-refractivity contribution < 1.29 is 14.3 Å². The van der Waals surface area contributed by atoms with Gasteiger partial charge in [-0.2, -0.15) is 0 Å². The maximum absolute atomic E-state index is 13.5. The summed E-state index contributed by atoms with van der Waals surface area (Å²) in [6, 6.07) is 19.6. The van der Waals surface area contributed by atoms with E-state index < -0.39 is 0 Å². The molecule has 2 heterocycles. The van der Waals surface area contributed by atoms with Crippen LogP contribution in [0.5, 0.6) is 11.5 Å². The number of fused-ring (bicyclic) bond motifs is 1. The van der Waals surface area contributed by atoms with Crippen molar-refractivity contribution in [3.05, 3.63) is 83.7 Å². The molecule has 0 unspecified atom stereocenters. The van der Waals surface area contributed by atoms with Crippen molar-refractivity contribution in [3.8, 4) is 11.5 Å². The van der Waals surface area contributed by atoms with Crippen molar-refractivity contribution in [2.45, 2.75) is 19.5 Å². The smallest absolute Gasteiger partial charge is 0.254 e. The van der Waals surface area contributed by atoms with Crippen LogP contribution >= 0.6 is 0 Å². The van der Waals surface area contributed by atoms with Gasteiger partial charge in [-0.05, 0) is 42.8 Å². The Hall–Kier alpha value is -3.21. The monoisotopic (exact) mass is 376 g/mol. The summed E-state index contributed by atoms with van der Waals surface area (Å²) in [4.78, 5) is 15.4. The summed E-state index contributed by atoms with van der Waals surface area (Å²) >= 11 is 0. The van der Waals surface area contributed by atoms with Crippen molar-refractivity contribution in [3.63, 3.8) is 0 Å². The Labute approximate surface area is 165 Å². The maximum atomic E-state index is 13.5. The molecule has 0 spiro atoms. The van der Waals surface area contributed by atoms with E-state index >= 15 is 0 Å². The third kappa shape index (κ3) is 3.24. The third-order valence-electron chi connectivity index (χ3n) is 5.12. The molecule has 0 aliphatic carbocycles. The van der Waals surface area contributed by atoms with Gasteiger partial charge in [0.15, 0.2) is 11.5 Å². The van der Waals surface area contributed by atoms with Crippen LogP contribution in [0.15, 0.2) is 66.9 Å². The molecule has 2 aromatic carbocycles. The van der Waals surface area contributed by atoms with Gasteiger partial charge in [-0.1, -0.05) is 30.3 Å². The molecular formula is C23H24N2O3. The minimum atomic E-state index is -0.116. The number of carbonyl (C=O) groups excluding carboxylic acids is 1. The zero-order valence-electron chi connectivity index (χ0n) is 16.2. The standard InChI is InChI=1S/C23H24N2O3/c1-3-28-20-12-11-18(16-21(20)27-2)23(26)25-15-14-24-13-7-10-19(24)22(25)17-8-5-4-6-9-17/h4-13,16,22H,3,14-15H2,1-2H3/t22-/m0/s1. The second kappa shape index (κ2) is 7.80. The molecule has 0 fully saturated rings. The summed E-state index contributed by atoms with van der Waals surface area (Å²) in [5, 5.41) is 0. The van der Waals surface area contributed by atoms with Crippen molar-refractivity contribution in [2.75, 3.05) is 20.3 Å². The van der Waals surface area contributed by atoms with Gasteiger partial charge in [0.2, 0.25) is 0 Å². The Morgan fingerprint density at radius 1 is 1.04 bits per heavy atom. The fourth-order valence-corrected chi connectivity index (χ4v) is 3.83. The number of amides is 1. The molecule has 0 bridgehead atoms. The second-order valence-electron chi connectivity index (χ2n) is 6.74. The van der Waals surface area contributed by atoms with Crippen molar-refractivity contribution in [1.29, 1.82) is 0 Å². The van der Waals surface area contributed by atoms with Gasteiger partial charge in [-0.15, -0.1) is 0 Å². The highest BCUT2D eigenvalue weighted by molar-refractivity contribution is 5.95. The Bertz CT molecular complexity index is 965. The van der Waals surface area contributed by atoms with Gasteiger partial charge in [0, 0.05) is 30.5 Å². The van der Waals surface area contributed by atoms with Gasteiger partial charge in [0.1, 0.15) is 0 Å². The maximum Gasteiger partial charge on any atom is 0.254 e. The van der Waals surface area contributed by atoms with Gasteiger partial charge in [-0.3, -0.25) is 4.79 Å². The Balaban J connectivity index is 1.72. The first-order valence-corrected chi connectivity index (χ1v) is 9.54. The first kappa shape index (κ1) is 18.2. The van der Waals surface area contributed by atoms with Crippen molar-refractivity contribution in [1.82, 2.24) is 9.47 Å². The van der Waals surface area contributed by atoms with E-state index in [0.29, 0.717) is 30.2 Å². The van der Waals surface area contributed by atoms with E-state index in [1.165, 1.54) is 0 Å². The molecule has 4 rings (SSSR count). The van der Waals surface area contributed by atoms with Gasteiger partial charge in [0.05, 0.1) is 19.8 Å². The van der Waals surface area contributed by atoms with E-state index in [9.17, 15) is 4.79 Å². The lowest BCUT2D eigenvalue weighted by atomic mass is 9.99. The first-order chi connectivity index (χ1) is 13.7. The molecule has 1 amide bonds. The quantitative estimate of drug-likeness (QED) is 0.672. The lowest BCUT2D eigenvalue weighted by Gasteiger charge is -2.37. The number of rotatable bonds is 5. The van der Waals surface area contributed by atoms with E-state index in [-0.39, 0.29) is 11.9 Å². The summed E-state index contributed by atoms with van der Waals surface area (Å²) in [6.45, 7) is 3.90. The summed E-state index contributed by atoms with van der Waals surface area (Å²) in [5.41, 5.74) is 2.83. The molecule has 1 aliphatic heterocycles. The van der Waals surface area contributed by atoms with Crippen LogP contribution in [0.3, 0.4) is 0 Å². The fourth-order valence-electron chi connectivity index (χ4n) is 3.83. The summed E-state index contributed by atoms with van der Waals surface area (Å²) in [5.74, 6) is 1.21. The lowest BCUT2D eigenvalue weighted by molar-refractivity contribution is 0.0663. The molecule has 0 saturated carbocycles. The van der Waals surface area contributed by atoms with Crippen LogP contribution in [0.1, 0.15) is 34.6 Å². The Kier molecular flexibility index (Phi) is 5.06. The topological polar surface area (TPSA) is 43.7 Å². The molecule has 144 valence electrons. The van der Waals surface area contributed by atoms with Gasteiger partial charge < -0.3 is 18.9 Å². The summed E-state index contributed by atoms with van der Waals surface area (Å²) < 4.78 is 13.2. The first-order valence-electron chi connectivity index (χ1n) is 9.54. The Morgan fingerprint density at radius 2 is 1.86 bits per heavy atom. The average molecular weight is 376 g/mol. The molecular weight excluding hydrogens is 352 g/mol. The highest BCUT2D eigenvalue weighted by Gasteiger charge is 2.32. The van der Waals surface area contributed by atoms with Crippen LogP contribution in [0.4, 0.5) is 0 Å². The van der Waals surface area contributed by atoms with Crippen LogP contribution < -0.4 is 9.47 Å². The van der Waals surface area contributed by atoms with Crippen LogP contribution in [0.2, 0.25) is 0 Å². The molecule has 1 atom stereocenters. The number of aromatic nitrogens is 1. The molecule has 0 N–H and O–H groups in total. The molecule has 5 heteroatoms. The number of hydrogen-bond donors (Lipinski definition) is 0. The van der Waals surface area contributed by atoms with E-state index in [4.69, 9.17) is 9.47 Å². The van der Waals surface area contributed by atoms with Gasteiger partial charge in [-0.25, -0.2) is 0 Å². The predicted octanol–water partition coefficient (Wildman–Crippen LogP) is 4.14. The Morgan fingerprint density at radius 3 is 2.61 bits per heavy atom. The fraction of sp³-hybridized carbons (Fsp3) is 0.261. The van der Waals surface area contributed by atoms with Gasteiger partial charge in [0.25, 0.3) is 5.91 Å². The largest absolute Gasteiger partial charge is 0.493 e. The van der Waals surface area contributed by atoms with Crippen LogP contribution in [-0.2, 0) is 6.54 Å². The summed E-state index contributed by atoms with van der Waals surface area (Å²) in [6.07, 6.45) is 2.08. The minimum absolute atomic E-state index is 0.0114. The van der Waals surface area contributed by atoms with E-state index in [1.807, 2.05) is 42.2 Å². The van der Waals surface area contributed by atoms with Crippen LogP contribution in [0.25, 0.3) is 0 Å². The van der Waals surface area contributed by atoms with Crippen LogP contribution in [0, 0.1) is 0 Å². The molecule has 0 radical (unpaired) electrons. The zero-order valence-corrected chi connectivity index (χ0v) is 16.2. The van der Waals surface area contributed by atoms with Crippen LogP contribution in [-0.4, -0.2) is 35.6 Å². The average Bonchev–Trinajstić information content (AvgIpc) is 3.22. The molecule has 1 aromatic heterocycles. The van der Waals surface area contributed by atoms with Crippen molar-refractivity contribution >= 4 is 5.91 Å². The minimum Gasteiger partial charge on any atom is -0.493 e. The molecule has 0 saturated heterocycles. The molecule has 28 heavy (non-hydrogen) atoms. The predicted molar refractivity (Wildman–Crippen MR) is 108 cm³/mol. The number of nitrogens with zero attached hydrogens (tertiary/aromatic N) is 2. The highest BCUT2D eigenvalue weighted by Crippen LogP contribution is 2.35. The number of benzene rings is 2. The summed E-state index contributed by atoms with van der Waals surface area (Å²) in [7, 11) is 1.59. The molecule has 3 aromatic rings. The van der Waals surface area contributed by atoms with E-state index in [0.717, 1.165) is 17.8 Å². The number of hydrogen-bond acceptors (Lipinski definition) is 3. The molecule has 1 aliphatic rings. The lowest BCUT2D eigenvalue weighted by Crippen LogP contribution is -2.42. The number of carbonyl (C=O) groups is 1. The SMILES string of the molecule is CCOc1ccc(C(=O)N2CCn3cccc3[C@@H]2c2ccccc2)cc1OC. The van der Waals surface area contributed by atoms with Gasteiger partial charge >= 0.3 is 0 Å². The highest BCUT2D eigenvalue weighted by atomic mass is 16.5. The zero-order chi connectivity index (χ0) is 19.5. The van der Waals surface area contributed by atoms with Crippen molar-refractivity contribution in [2.24, 2.45) is 0 Å². The number of methoxy groups -OCH3 is 1. The second-order valence-corrected chi connectivity index (χ2v) is 6.74. The normalized spacial score (nSPS) is 15.8. The third-order valence-corrected chi connectivity index (χ3v) is 5.12. The molecule has 5 nitrogen and oxygen atoms in total. The van der Waals surface area contributed by atoms with E-state index in [1.54, 1.807) is 19.2 Å². The van der Waals surface area contributed by atoms with E-state index in [2.05, 4.69) is 29.0 Å². The number of ether oxygens (including phenoxy) is 2.